The van der Waals surface area contributed by atoms with Crippen LogP contribution in [-0.2, 0) is 4.74 Å². The number of nitrogens with one attached hydrogen (secondary N) is 2. The Morgan fingerprint density at radius 2 is 1.93 bits per heavy atom. The molecule has 156 valence electrons. The number of aliphatic hydroxyl groups is 1. The maximum Gasteiger partial charge on any atom is 0.410 e. The second kappa shape index (κ2) is 9.73. The SMILES string of the molecule is CC(C)(C)OC(=O)N1CCCCC1CNC(=O)NCC(O)c1ccc(F)cc1. The summed E-state index contributed by atoms with van der Waals surface area (Å²) in [6.07, 6.45) is 1.38. The van der Waals surface area contributed by atoms with Crippen molar-refractivity contribution in [2.45, 2.75) is 57.8 Å². The van der Waals surface area contributed by atoms with E-state index in [9.17, 15) is 19.1 Å². The number of hydrogen-bond acceptors (Lipinski definition) is 4. The molecule has 1 aromatic carbocycles. The summed E-state index contributed by atoms with van der Waals surface area (Å²) in [6, 6.07) is 4.90. The number of benzene rings is 1. The predicted molar refractivity (Wildman–Crippen MR) is 103 cm³/mol. The molecule has 1 aliphatic rings. The first-order valence-electron chi connectivity index (χ1n) is 9.60. The normalized spacial score (nSPS) is 18.3. The predicted octanol–water partition coefficient (Wildman–Crippen LogP) is 2.95. The fraction of sp³-hybridized carbons (Fsp3) is 0.600. The highest BCUT2D eigenvalue weighted by Gasteiger charge is 2.30. The van der Waals surface area contributed by atoms with Crippen LogP contribution < -0.4 is 10.6 Å². The van der Waals surface area contributed by atoms with Gasteiger partial charge in [0, 0.05) is 19.6 Å². The summed E-state index contributed by atoms with van der Waals surface area (Å²) in [4.78, 5) is 26.1. The molecule has 1 aromatic rings. The van der Waals surface area contributed by atoms with Crippen molar-refractivity contribution in [2.75, 3.05) is 19.6 Å². The summed E-state index contributed by atoms with van der Waals surface area (Å²) < 4.78 is 18.4. The van der Waals surface area contributed by atoms with Crippen molar-refractivity contribution >= 4 is 12.1 Å². The van der Waals surface area contributed by atoms with E-state index < -0.39 is 17.7 Å². The molecule has 2 unspecified atom stereocenters. The van der Waals surface area contributed by atoms with Crippen LogP contribution in [0.25, 0.3) is 0 Å². The van der Waals surface area contributed by atoms with Crippen LogP contribution in [0.1, 0.15) is 51.7 Å². The summed E-state index contributed by atoms with van der Waals surface area (Å²) in [5.74, 6) is -0.385. The van der Waals surface area contributed by atoms with Crippen molar-refractivity contribution in [2.24, 2.45) is 0 Å². The number of rotatable bonds is 5. The zero-order valence-corrected chi connectivity index (χ0v) is 16.7. The first-order valence-corrected chi connectivity index (χ1v) is 9.60. The zero-order valence-electron chi connectivity index (χ0n) is 16.7. The average molecular weight is 395 g/mol. The number of likely N-dealkylation sites (tertiary alicyclic amines) is 1. The fourth-order valence-corrected chi connectivity index (χ4v) is 3.04. The zero-order chi connectivity index (χ0) is 20.7. The van der Waals surface area contributed by atoms with E-state index in [-0.39, 0.29) is 24.5 Å². The van der Waals surface area contributed by atoms with E-state index in [2.05, 4.69) is 10.6 Å². The highest BCUT2D eigenvalue weighted by Crippen LogP contribution is 2.20. The van der Waals surface area contributed by atoms with Crippen molar-refractivity contribution in [3.8, 4) is 0 Å². The second-order valence-electron chi connectivity index (χ2n) is 7.98. The van der Waals surface area contributed by atoms with E-state index in [0.29, 0.717) is 18.7 Å². The van der Waals surface area contributed by atoms with Crippen LogP contribution >= 0.6 is 0 Å². The van der Waals surface area contributed by atoms with Crippen LogP contribution in [0, 0.1) is 5.82 Å². The van der Waals surface area contributed by atoms with E-state index in [1.807, 2.05) is 20.8 Å². The van der Waals surface area contributed by atoms with Crippen molar-refractivity contribution in [1.29, 1.82) is 0 Å². The highest BCUT2D eigenvalue weighted by atomic mass is 19.1. The molecule has 2 rings (SSSR count). The topological polar surface area (TPSA) is 90.9 Å². The van der Waals surface area contributed by atoms with Gasteiger partial charge >= 0.3 is 12.1 Å². The third-order valence-electron chi connectivity index (χ3n) is 4.46. The number of nitrogens with zero attached hydrogens (tertiary/aromatic N) is 1. The van der Waals surface area contributed by atoms with E-state index in [4.69, 9.17) is 4.74 Å². The lowest BCUT2D eigenvalue weighted by Gasteiger charge is -2.36. The standard InChI is InChI=1S/C20H30FN3O4/c1-20(2,3)28-19(27)24-11-5-4-6-16(24)12-22-18(26)23-13-17(25)14-7-9-15(21)10-8-14/h7-10,16-17,25H,4-6,11-13H2,1-3H3,(H2,22,23,26). The lowest BCUT2D eigenvalue weighted by atomic mass is 10.0. The van der Waals surface area contributed by atoms with Crippen LogP contribution in [0.15, 0.2) is 24.3 Å². The molecular weight excluding hydrogens is 365 g/mol. The Balaban J connectivity index is 1.79. The average Bonchev–Trinajstić information content (AvgIpc) is 2.64. The van der Waals surface area contributed by atoms with E-state index in [0.717, 1.165) is 19.3 Å². The Morgan fingerprint density at radius 1 is 1.25 bits per heavy atom. The molecule has 1 fully saturated rings. The minimum absolute atomic E-state index is 0.00207. The van der Waals surface area contributed by atoms with Crippen LogP contribution in [-0.4, -0.2) is 53.4 Å². The maximum atomic E-state index is 12.9. The van der Waals surface area contributed by atoms with Crippen molar-refractivity contribution in [1.82, 2.24) is 15.5 Å². The molecular formula is C20H30FN3O4. The number of amides is 3. The third-order valence-corrected chi connectivity index (χ3v) is 4.46. The van der Waals surface area contributed by atoms with Crippen LogP contribution in [0.5, 0.6) is 0 Å². The number of halogens is 1. The quantitative estimate of drug-likeness (QED) is 0.715. The van der Waals surface area contributed by atoms with Crippen LogP contribution in [0.3, 0.4) is 0 Å². The molecule has 2 atom stereocenters. The summed E-state index contributed by atoms with van der Waals surface area (Å²) in [6.45, 7) is 6.37. The fourth-order valence-electron chi connectivity index (χ4n) is 3.04. The van der Waals surface area contributed by atoms with Gasteiger partial charge in [-0.1, -0.05) is 12.1 Å². The Kier molecular flexibility index (Phi) is 7.62. The number of carbonyl (C=O) groups excluding carboxylic acids is 2. The molecule has 1 aliphatic heterocycles. The Bertz CT molecular complexity index is 660. The third kappa shape index (κ3) is 6.99. The minimum Gasteiger partial charge on any atom is -0.444 e. The van der Waals surface area contributed by atoms with Gasteiger partial charge in [0.15, 0.2) is 0 Å². The number of urea groups is 1. The van der Waals surface area contributed by atoms with Gasteiger partial charge in [0.25, 0.3) is 0 Å². The van der Waals surface area contributed by atoms with Gasteiger partial charge in [0.2, 0.25) is 0 Å². The molecule has 0 bridgehead atoms. The number of ether oxygens (including phenoxy) is 1. The van der Waals surface area contributed by atoms with Crippen LogP contribution in [0.2, 0.25) is 0 Å². The Hall–Kier alpha value is -2.35. The van der Waals surface area contributed by atoms with Crippen molar-refractivity contribution in [3.05, 3.63) is 35.6 Å². The number of aliphatic hydroxyl groups excluding tert-OH is 1. The Labute approximate surface area is 165 Å². The smallest absolute Gasteiger partial charge is 0.410 e. The van der Waals surface area contributed by atoms with Crippen molar-refractivity contribution < 1.29 is 23.8 Å². The van der Waals surface area contributed by atoms with Gasteiger partial charge in [-0.2, -0.15) is 0 Å². The molecule has 8 heteroatoms. The molecule has 0 saturated carbocycles. The maximum absolute atomic E-state index is 12.9. The lowest BCUT2D eigenvalue weighted by Crippen LogP contribution is -2.52. The van der Waals surface area contributed by atoms with E-state index in [1.54, 1.807) is 4.90 Å². The summed E-state index contributed by atoms with van der Waals surface area (Å²) in [5, 5.41) is 15.4. The first-order chi connectivity index (χ1) is 13.2. The van der Waals surface area contributed by atoms with Gasteiger partial charge in [-0.3, -0.25) is 0 Å². The summed E-state index contributed by atoms with van der Waals surface area (Å²) in [5.41, 5.74) is -0.0505. The van der Waals surface area contributed by atoms with Gasteiger partial charge in [-0.25, -0.2) is 14.0 Å². The summed E-state index contributed by atoms with van der Waals surface area (Å²) >= 11 is 0. The van der Waals surface area contributed by atoms with Crippen molar-refractivity contribution in [3.63, 3.8) is 0 Å². The molecule has 3 amide bonds. The largest absolute Gasteiger partial charge is 0.444 e. The van der Waals surface area contributed by atoms with Gasteiger partial charge in [-0.05, 0) is 57.7 Å². The minimum atomic E-state index is -0.931. The molecule has 28 heavy (non-hydrogen) atoms. The highest BCUT2D eigenvalue weighted by molar-refractivity contribution is 5.74. The molecule has 0 radical (unpaired) electrons. The van der Waals surface area contributed by atoms with Gasteiger partial charge in [-0.15, -0.1) is 0 Å². The molecule has 7 nitrogen and oxygen atoms in total. The Morgan fingerprint density at radius 3 is 2.57 bits per heavy atom. The van der Waals surface area contributed by atoms with E-state index >= 15 is 0 Å². The molecule has 1 heterocycles. The molecule has 1 saturated heterocycles. The molecule has 0 aliphatic carbocycles. The van der Waals surface area contributed by atoms with E-state index in [1.165, 1.54) is 24.3 Å². The molecule has 0 aromatic heterocycles. The number of carbonyl (C=O) groups is 2. The van der Waals surface area contributed by atoms with Gasteiger partial charge in [0.05, 0.1) is 12.1 Å². The lowest BCUT2D eigenvalue weighted by molar-refractivity contribution is 0.0102. The van der Waals surface area contributed by atoms with Crippen LogP contribution in [0.4, 0.5) is 14.0 Å². The molecule has 3 N–H and O–H groups in total. The molecule has 0 spiro atoms. The number of piperidine rings is 1. The van der Waals surface area contributed by atoms with Gasteiger partial charge < -0.3 is 25.4 Å². The monoisotopic (exact) mass is 395 g/mol. The number of hydrogen-bond donors (Lipinski definition) is 3. The summed E-state index contributed by atoms with van der Waals surface area (Å²) in [7, 11) is 0. The van der Waals surface area contributed by atoms with Gasteiger partial charge in [0.1, 0.15) is 11.4 Å². The first kappa shape index (κ1) is 21.9. The second-order valence-corrected chi connectivity index (χ2v) is 7.98.